The molecule has 0 saturated heterocycles. The summed E-state index contributed by atoms with van der Waals surface area (Å²) < 4.78 is 0. The molecule has 2 aromatic rings. The standard InChI is InChI=1S/C16H19ClN2/c1-11-5-2-3-7-14(11)19-15-9-8-13(17)12-6-4-10-18-16(12)15/h4,6,8-11,14,19H,2-3,5,7H2,1H3. The Labute approximate surface area is 119 Å². The van der Waals surface area contributed by atoms with E-state index in [4.69, 9.17) is 11.6 Å². The van der Waals surface area contributed by atoms with Crippen molar-refractivity contribution in [1.29, 1.82) is 0 Å². The Kier molecular flexibility index (Phi) is 3.61. The van der Waals surface area contributed by atoms with Crippen LogP contribution in [0.25, 0.3) is 10.9 Å². The van der Waals surface area contributed by atoms with E-state index in [9.17, 15) is 0 Å². The number of aromatic nitrogens is 1. The van der Waals surface area contributed by atoms with E-state index >= 15 is 0 Å². The molecule has 3 rings (SSSR count). The van der Waals surface area contributed by atoms with Crippen LogP contribution >= 0.6 is 11.6 Å². The Bertz CT molecular complexity index is 582. The fourth-order valence-corrected chi connectivity index (χ4v) is 3.20. The molecule has 1 aliphatic rings. The maximum absolute atomic E-state index is 6.23. The van der Waals surface area contributed by atoms with Gasteiger partial charge in [-0.3, -0.25) is 4.98 Å². The second-order valence-corrected chi connectivity index (χ2v) is 5.91. The van der Waals surface area contributed by atoms with Gasteiger partial charge in [0.15, 0.2) is 0 Å². The topological polar surface area (TPSA) is 24.9 Å². The van der Waals surface area contributed by atoms with Crippen molar-refractivity contribution in [2.24, 2.45) is 5.92 Å². The molecule has 2 nitrogen and oxygen atoms in total. The fourth-order valence-electron chi connectivity index (χ4n) is 2.98. The zero-order valence-corrected chi connectivity index (χ0v) is 12.0. The Morgan fingerprint density at radius 3 is 2.89 bits per heavy atom. The second-order valence-electron chi connectivity index (χ2n) is 5.51. The van der Waals surface area contributed by atoms with Crippen LogP contribution in [0, 0.1) is 5.92 Å². The van der Waals surface area contributed by atoms with Crippen LogP contribution < -0.4 is 5.32 Å². The molecular weight excluding hydrogens is 256 g/mol. The van der Waals surface area contributed by atoms with E-state index in [0.717, 1.165) is 27.5 Å². The molecule has 0 spiro atoms. The number of anilines is 1. The zero-order chi connectivity index (χ0) is 13.2. The Hall–Kier alpha value is -1.28. The smallest absolute Gasteiger partial charge is 0.0948 e. The summed E-state index contributed by atoms with van der Waals surface area (Å²) in [5.41, 5.74) is 2.09. The SMILES string of the molecule is CC1CCCCC1Nc1ccc(Cl)c2cccnc12. The quantitative estimate of drug-likeness (QED) is 0.844. The molecule has 0 bridgehead atoms. The van der Waals surface area contributed by atoms with Gasteiger partial charge in [0.1, 0.15) is 0 Å². The summed E-state index contributed by atoms with van der Waals surface area (Å²) in [6.45, 7) is 2.34. The van der Waals surface area contributed by atoms with E-state index < -0.39 is 0 Å². The summed E-state index contributed by atoms with van der Waals surface area (Å²) in [7, 11) is 0. The van der Waals surface area contributed by atoms with Crippen molar-refractivity contribution >= 4 is 28.2 Å². The largest absolute Gasteiger partial charge is 0.380 e. The third-order valence-corrected chi connectivity index (χ3v) is 4.50. The first-order valence-electron chi connectivity index (χ1n) is 7.05. The molecule has 0 aliphatic heterocycles. The minimum atomic E-state index is 0.556. The van der Waals surface area contributed by atoms with Crippen LogP contribution in [0.15, 0.2) is 30.5 Å². The van der Waals surface area contributed by atoms with Gasteiger partial charge in [-0.1, -0.05) is 31.4 Å². The lowest BCUT2D eigenvalue weighted by Gasteiger charge is -2.30. The highest BCUT2D eigenvalue weighted by Crippen LogP contribution is 2.32. The van der Waals surface area contributed by atoms with Crippen molar-refractivity contribution in [2.75, 3.05) is 5.32 Å². The molecule has 19 heavy (non-hydrogen) atoms. The van der Waals surface area contributed by atoms with Crippen LogP contribution in [0.2, 0.25) is 5.02 Å². The Morgan fingerprint density at radius 2 is 2.05 bits per heavy atom. The molecule has 1 aromatic carbocycles. The summed E-state index contributed by atoms with van der Waals surface area (Å²) >= 11 is 6.23. The monoisotopic (exact) mass is 274 g/mol. The maximum Gasteiger partial charge on any atom is 0.0948 e. The van der Waals surface area contributed by atoms with Gasteiger partial charge in [0.25, 0.3) is 0 Å². The molecule has 3 heteroatoms. The Balaban J connectivity index is 1.94. The van der Waals surface area contributed by atoms with Gasteiger partial charge < -0.3 is 5.32 Å². The zero-order valence-electron chi connectivity index (χ0n) is 11.2. The maximum atomic E-state index is 6.23. The number of fused-ring (bicyclic) bond motifs is 1. The van der Waals surface area contributed by atoms with Crippen LogP contribution in [0.5, 0.6) is 0 Å². The van der Waals surface area contributed by atoms with Gasteiger partial charge in [-0.15, -0.1) is 0 Å². The first-order valence-corrected chi connectivity index (χ1v) is 7.43. The minimum Gasteiger partial charge on any atom is -0.380 e. The van der Waals surface area contributed by atoms with Gasteiger partial charge in [0.05, 0.1) is 16.2 Å². The molecule has 0 amide bonds. The van der Waals surface area contributed by atoms with E-state index in [0.29, 0.717) is 6.04 Å². The van der Waals surface area contributed by atoms with Crippen molar-refractivity contribution in [3.63, 3.8) is 0 Å². The summed E-state index contributed by atoms with van der Waals surface area (Å²) in [4.78, 5) is 4.49. The van der Waals surface area contributed by atoms with E-state index in [1.54, 1.807) is 0 Å². The van der Waals surface area contributed by atoms with Crippen molar-refractivity contribution < 1.29 is 0 Å². The molecular formula is C16H19ClN2. The Morgan fingerprint density at radius 1 is 1.21 bits per heavy atom. The van der Waals surface area contributed by atoms with Crippen LogP contribution in [-0.2, 0) is 0 Å². The van der Waals surface area contributed by atoms with Gasteiger partial charge >= 0.3 is 0 Å². The summed E-state index contributed by atoms with van der Waals surface area (Å²) in [6.07, 6.45) is 7.07. The number of nitrogens with one attached hydrogen (secondary N) is 1. The summed E-state index contributed by atoms with van der Waals surface area (Å²) in [5.74, 6) is 0.725. The third kappa shape index (κ3) is 2.55. The van der Waals surface area contributed by atoms with E-state index in [1.807, 2.05) is 24.4 Å². The van der Waals surface area contributed by atoms with Crippen molar-refractivity contribution in [2.45, 2.75) is 38.6 Å². The third-order valence-electron chi connectivity index (χ3n) is 4.17. The predicted molar refractivity (Wildman–Crippen MR) is 81.8 cm³/mol. The van der Waals surface area contributed by atoms with Crippen molar-refractivity contribution in [1.82, 2.24) is 4.98 Å². The highest BCUT2D eigenvalue weighted by molar-refractivity contribution is 6.35. The van der Waals surface area contributed by atoms with E-state index in [2.05, 4.69) is 23.3 Å². The van der Waals surface area contributed by atoms with Crippen molar-refractivity contribution in [3.05, 3.63) is 35.5 Å². The average Bonchev–Trinajstić information content (AvgIpc) is 2.44. The first-order chi connectivity index (χ1) is 9.25. The number of pyridine rings is 1. The van der Waals surface area contributed by atoms with Crippen LogP contribution in [0.4, 0.5) is 5.69 Å². The highest BCUT2D eigenvalue weighted by Gasteiger charge is 2.21. The van der Waals surface area contributed by atoms with Gasteiger partial charge in [-0.2, -0.15) is 0 Å². The number of hydrogen-bond acceptors (Lipinski definition) is 2. The molecule has 1 aromatic heterocycles. The van der Waals surface area contributed by atoms with Crippen molar-refractivity contribution in [3.8, 4) is 0 Å². The predicted octanol–water partition coefficient (Wildman–Crippen LogP) is 4.88. The molecule has 1 aliphatic carbocycles. The van der Waals surface area contributed by atoms with E-state index in [-0.39, 0.29) is 0 Å². The van der Waals surface area contributed by atoms with Gasteiger partial charge in [0, 0.05) is 17.6 Å². The lowest BCUT2D eigenvalue weighted by molar-refractivity contribution is 0.350. The molecule has 1 fully saturated rings. The number of rotatable bonds is 2. The second kappa shape index (κ2) is 5.38. The summed E-state index contributed by atoms with van der Waals surface area (Å²) in [6, 6.07) is 8.53. The summed E-state index contributed by atoms with van der Waals surface area (Å²) in [5, 5.41) is 5.47. The first kappa shape index (κ1) is 12.7. The molecule has 100 valence electrons. The number of nitrogens with zero attached hydrogens (tertiary/aromatic N) is 1. The minimum absolute atomic E-state index is 0.556. The van der Waals surface area contributed by atoms with Crippen LogP contribution in [0.1, 0.15) is 32.6 Å². The van der Waals surface area contributed by atoms with Gasteiger partial charge in [-0.25, -0.2) is 0 Å². The molecule has 0 radical (unpaired) electrons. The number of halogens is 1. The highest BCUT2D eigenvalue weighted by atomic mass is 35.5. The lowest BCUT2D eigenvalue weighted by Crippen LogP contribution is -2.30. The number of benzene rings is 1. The molecule has 2 unspecified atom stereocenters. The van der Waals surface area contributed by atoms with E-state index in [1.165, 1.54) is 25.7 Å². The number of hydrogen-bond donors (Lipinski definition) is 1. The normalized spacial score (nSPS) is 23.5. The lowest BCUT2D eigenvalue weighted by atomic mass is 9.86. The average molecular weight is 275 g/mol. The molecule has 1 saturated carbocycles. The molecule has 1 N–H and O–H groups in total. The van der Waals surface area contributed by atoms with Gasteiger partial charge in [-0.05, 0) is 43.0 Å². The van der Waals surface area contributed by atoms with Crippen LogP contribution in [-0.4, -0.2) is 11.0 Å². The fraction of sp³-hybridized carbons (Fsp3) is 0.438. The van der Waals surface area contributed by atoms with Gasteiger partial charge in [0.2, 0.25) is 0 Å². The molecule has 1 heterocycles. The van der Waals surface area contributed by atoms with Crippen LogP contribution in [0.3, 0.4) is 0 Å². The molecule has 2 atom stereocenters.